The summed E-state index contributed by atoms with van der Waals surface area (Å²) < 4.78 is 39.6. The third kappa shape index (κ3) is 4.70. The molecule has 0 spiro atoms. The average Bonchev–Trinajstić information content (AvgIpc) is 2.55. The Kier molecular flexibility index (Phi) is 6.14. The fraction of sp³-hybridized carbons (Fsp3) is 0.118. The summed E-state index contributed by atoms with van der Waals surface area (Å²) in [5.41, 5.74) is 0.241. The second kappa shape index (κ2) is 8.31. The molecule has 0 aromatic heterocycles. The second-order valence-electron chi connectivity index (χ2n) is 4.44. The molecule has 0 saturated heterocycles. The van der Waals surface area contributed by atoms with Gasteiger partial charge in [0.1, 0.15) is 5.75 Å². The van der Waals surface area contributed by atoms with Gasteiger partial charge in [0.2, 0.25) is 0 Å². The standard InChI is InChI=1S/C17H13ClF2O4/c1-22-14-8-4-5-11(16(14)24-17(19)20)9-10-15(21)23-13-7-3-2-6-12(13)18/h2-10,17H,1H3. The number of hydrogen-bond acceptors (Lipinski definition) is 4. The zero-order valence-electron chi connectivity index (χ0n) is 12.5. The van der Waals surface area contributed by atoms with Gasteiger partial charge in [0.15, 0.2) is 11.5 Å². The maximum absolute atomic E-state index is 12.5. The lowest BCUT2D eigenvalue weighted by Crippen LogP contribution is -2.06. The van der Waals surface area contributed by atoms with E-state index in [2.05, 4.69) is 4.74 Å². The maximum atomic E-state index is 12.5. The Balaban J connectivity index is 2.19. The molecule has 0 aliphatic rings. The minimum atomic E-state index is -3.02. The molecule has 0 unspecified atom stereocenters. The van der Waals surface area contributed by atoms with Gasteiger partial charge >= 0.3 is 12.6 Å². The molecule has 0 aliphatic carbocycles. The van der Waals surface area contributed by atoms with Crippen LogP contribution in [0.5, 0.6) is 17.2 Å². The van der Waals surface area contributed by atoms with E-state index in [1.165, 1.54) is 31.4 Å². The summed E-state index contributed by atoms with van der Waals surface area (Å²) in [5, 5.41) is 0.280. The molecule has 0 fully saturated rings. The van der Waals surface area contributed by atoms with Gasteiger partial charge in [0.25, 0.3) is 0 Å². The van der Waals surface area contributed by atoms with Crippen LogP contribution in [-0.4, -0.2) is 19.7 Å². The van der Waals surface area contributed by atoms with Crippen molar-refractivity contribution in [3.8, 4) is 17.2 Å². The largest absolute Gasteiger partial charge is 0.493 e. The van der Waals surface area contributed by atoms with E-state index >= 15 is 0 Å². The molecule has 4 nitrogen and oxygen atoms in total. The van der Waals surface area contributed by atoms with Crippen molar-refractivity contribution in [2.45, 2.75) is 6.61 Å². The summed E-state index contributed by atoms with van der Waals surface area (Å²) in [6.45, 7) is -3.02. The monoisotopic (exact) mass is 354 g/mol. The summed E-state index contributed by atoms with van der Waals surface area (Å²) in [7, 11) is 1.33. The highest BCUT2D eigenvalue weighted by Gasteiger charge is 2.14. The molecule has 2 aromatic rings. The highest BCUT2D eigenvalue weighted by atomic mass is 35.5. The molecule has 0 atom stereocenters. The normalized spacial score (nSPS) is 10.9. The Hall–Kier alpha value is -2.60. The van der Waals surface area contributed by atoms with Crippen LogP contribution in [0.1, 0.15) is 5.56 Å². The SMILES string of the molecule is COc1cccc(C=CC(=O)Oc2ccccc2Cl)c1OC(F)F. The highest BCUT2D eigenvalue weighted by Crippen LogP contribution is 2.33. The van der Waals surface area contributed by atoms with E-state index in [1.807, 2.05) is 0 Å². The molecule has 0 aliphatic heterocycles. The molecule has 2 rings (SSSR count). The first-order valence-corrected chi connectivity index (χ1v) is 7.15. The van der Waals surface area contributed by atoms with Crippen LogP contribution in [0.3, 0.4) is 0 Å². The quantitative estimate of drug-likeness (QED) is 0.433. The molecule has 2 aromatic carbocycles. The third-order valence-electron chi connectivity index (χ3n) is 2.88. The van der Waals surface area contributed by atoms with Gasteiger partial charge in [0.05, 0.1) is 12.1 Å². The third-order valence-corrected chi connectivity index (χ3v) is 3.19. The lowest BCUT2D eigenvalue weighted by atomic mass is 10.1. The van der Waals surface area contributed by atoms with Gasteiger partial charge in [-0.25, -0.2) is 4.79 Å². The van der Waals surface area contributed by atoms with Gasteiger partial charge in [-0.2, -0.15) is 8.78 Å². The number of alkyl halides is 2. The van der Waals surface area contributed by atoms with Crippen molar-refractivity contribution in [3.05, 3.63) is 59.1 Å². The molecule has 7 heteroatoms. The van der Waals surface area contributed by atoms with Crippen LogP contribution in [0.25, 0.3) is 6.08 Å². The van der Waals surface area contributed by atoms with E-state index < -0.39 is 12.6 Å². The Morgan fingerprint density at radius 1 is 1.12 bits per heavy atom. The molecule has 0 saturated carbocycles. The molecule has 0 N–H and O–H groups in total. The van der Waals surface area contributed by atoms with Crippen LogP contribution in [0.2, 0.25) is 5.02 Å². The Morgan fingerprint density at radius 2 is 1.83 bits per heavy atom. The number of ether oxygens (including phenoxy) is 3. The van der Waals surface area contributed by atoms with E-state index in [-0.39, 0.29) is 27.8 Å². The molecular formula is C17H13ClF2O4. The van der Waals surface area contributed by atoms with Crippen LogP contribution in [-0.2, 0) is 4.79 Å². The number of esters is 1. The second-order valence-corrected chi connectivity index (χ2v) is 4.85. The minimum absolute atomic E-state index is 0.122. The van der Waals surface area contributed by atoms with Gasteiger partial charge in [-0.1, -0.05) is 35.9 Å². The van der Waals surface area contributed by atoms with Crippen molar-refractivity contribution >= 4 is 23.6 Å². The van der Waals surface area contributed by atoms with Gasteiger partial charge in [0, 0.05) is 11.6 Å². The Bertz CT molecular complexity index is 747. The van der Waals surface area contributed by atoms with Gasteiger partial charge in [-0.15, -0.1) is 0 Å². The van der Waals surface area contributed by atoms with E-state index in [1.54, 1.807) is 24.3 Å². The first-order valence-electron chi connectivity index (χ1n) is 6.77. The fourth-order valence-corrected chi connectivity index (χ4v) is 2.04. The Labute approximate surface area is 142 Å². The van der Waals surface area contributed by atoms with Crippen molar-refractivity contribution < 1.29 is 27.8 Å². The molecule has 0 heterocycles. The lowest BCUT2D eigenvalue weighted by Gasteiger charge is -2.12. The highest BCUT2D eigenvalue weighted by molar-refractivity contribution is 6.32. The molecule has 0 radical (unpaired) electrons. The predicted octanol–water partition coefficient (Wildman–Crippen LogP) is 4.57. The van der Waals surface area contributed by atoms with Crippen LogP contribution < -0.4 is 14.2 Å². The predicted molar refractivity (Wildman–Crippen MR) is 85.7 cm³/mol. The number of carbonyl (C=O) groups excluding carboxylic acids is 1. The molecule has 126 valence electrons. The van der Waals surface area contributed by atoms with Crippen LogP contribution in [0.15, 0.2) is 48.5 Å². The summed E-state index contributed by atoms with van der Waals surface area (Å²) in [4.78, 5) is 11.8. The van der Waals surface area contributed by atoms with E-state index in [0.717, 1.165) is 6.08 Å². The zero-order chi connectivity index (χ0) is 17.5. The van der Waals surface area contributed by atoms with Crippen LogP contribution in [0, 0.1) is 0 Å². The number of methoxy groups -OCH3 is 1. The van der Waals surface area contributed by atoms with Crippen molar-refractivity contribution in [2.24, 2.45) is 0 Å². The van der Waals surface area contributed by atoms with Gasteiger partial charge < -0.3 is 14.2 Å². The number of carbonyl (C=O) groups is 1. The zero-order valence-corrected chi connectivity index (χ0v) is 13.3. The molecule has 24 heavy (non-hydrogen) atoms. The summed E-state index contributed by atoms with van der Waals surface area (Å²) in [6.07, 6.45) is 2.37. The molecule has 0 amide bonds. The Morgan fingerprint density at radius 3 is 2.50 bits per heavy atom. The van der Waals surface area contributed by atoms with Crippen molar-refractivity contribution in [2.75, 3.05) is 7.11 Å². The molecular weight excluding hydrogens is 342 g/mol. The summed E-state index contributed by atoms with van der Waals surface area (Å²) >= 11 is 5.89. The van der Waals surface area contributed by atoms with E-state index in [0.29, 0.717) is 0 Å². The van der Waals surface area contributed by atoms with E-state index in [9.17, 15) is 13.6 Å². The minimum Gasteiger partial charge on any atom is -0.493 e. The first kappa shape index (κ1) is 17.7. The van der Waals surface area contributed by atoms with Crippen molar-refractivity contribution in [3.63, 3.8) is 0 Å². The molecule has 0 bridgehead atoms. The number of hydrogen-bond donors (Lipinski definition) is 0. The summed E-state index contributed by atoms with van der Waals surface area (Å²) in [5.74, 6) is -0.564. The topological polar surface area (TPSA) is 44.8 Å². The van der Waals surface area contributed by atoms with Crippen molar-refractivity contribution in [1.82, 2.24) is 0 Å². The average molecular weight is 355 g/mol. The summed E-state index contributed by atoms with van der Waals surface area (Å²) in [6, 6.07) is 11.0. The van der Waals surface area contributed by atoms with Gasteiger partial charge in [-0.05, 0) is 24.3 Å². The fourth-order valence-electron chi connectivity index (χ4n) is 1.87. The lowest BCUT2D eigenvalue weighted by molar-refractivity contribution is -0.128. The van der Waals surface area contributed by atoms with Crippen molar-refractivity contribution in [1.29, 1.82) is 0 Å². The van der Waals surface area contributed by atoms with Crippen LogP contribution >= 0.6 is 11.6 Å². The number of benzene rings is 2. The number of para-hydroxylation sites is 2. The smallest absolute Gasteiger partial charge is 0.387 e. The maximum Gasteiger partial charge on any atom is 0.387 e. The first-order chi connectivity index (χ1) is 11.5. The number of rotatable bonds is 6. The van der Waals surface area contributed by atoms with E-state index in [4.69, 9.17) is 21.1 Å². The van der Waals surface area contributed by atoms with Gasteiger partial charge in [-0.3, -0.25) is 0 Å². The number of halogens is 3. The van der Waals surface area contributed by atoms with Crippen LogP contribution in [0.4, 0.5) is 8.78 Å².